The van der Waals surface area contributed by atoms with Crippen LogP contribution < -0.4 is 5.73 Å². The van der Waals surface area contributed by atoms with Crippen LogP contribution in [-0.2, 0) is 5.41 Å². The largest absolute Gasteiger partial charge is 0.383 e. The Bertz CT molecular complexity index is 1880. The van der Waals surface area contributed by atoms with Gasteiger partial charge in [-0.3, -0.25) is 5.41 Å². The Kier molecular flexibility index (Phi) is 6.33. The quantitative estimate of drug-likeness (QED) is 0.167. The van der Waals surface area contributed by atoms with Crippen molar-refractivity contribution in [3.63, 3.8) is 0 Å². The molecule has 0 heterocycles. The highest BCUT2D eigenvalue weighted by atomic mass is 14.9. The van der Waals surface area contributed by atoms with E-state index in [0.29, 0.717) is 5.84 Å². The van der Waals surface area contributed by atoms with E-state index in [9.17, 15) is 0 Å². The summed E-state index contributed by atoms with van der Waals surface area (Å²) in [6.45, 7) is 0. The molecule has 1 aliphatic rings. The van der Waals surface area contributed by atoms with Crippen LogP contribution in [0.15, 0.2) is 163 Å². The van der Waals surface area contributed by atoms with Crippen molar-refractivity contribution >= 4 is 11.7 Å². The molecule has 0 fully saturated rings. The zero-order chi connectivity index (χ0) is 28.5. The molecule has 6 aromatic rings. The normalized spacial score (nSPS) is 13.3. The molecule has 3 heteroatoms. The number of nitrogens with two attached hydrogens (primary N) is 1. The van der Waals surface area contributed by atoms with E-state index in [2.05, 4.69) is 108 Å². The van der Waals surface area contributed by atoms with Gasteiger partial charge in [0.15, 0.2) is 5.84 Å². The van der Waals surface area contributed by atoms with Crippen LogP contribution >= 0.6 is 0 Å². The zero-order valence-electron chi connectivity index (χ0n) is 23.0. The van der Waals surface area contributed by atoms with Crippen LogP contribution in [0.2, 0.25) is 0 Å². The van der Waals surface area contributed by atoms with E-state index in [4.69, 9.17) is 11.1 Å². The smallest absolute Gasteiger partial charge is 0.154 e. The second kappa shape index (κ2) is 10.5. The third-order valence-electron chi connectivity index (χ3n) is 8.26. The minimum atomic E-state index is -0.521. The summed E-state index contributed by atoms with van der Waals surface area (Å²) < 4.78 is 0. The number of nitrogens with one attached hydrogen (secondary N) is 1. The molecule has 0 aromatic heterocycles. The van der Waals surface area contributed by atoms with E-state index in [1.54, 1.807) is 0 Å². The molecule has 0 amide bonds. The Hall–Kier alpha value is -5.54. The van der Waals surface area contributed by atoms with Crippen molar-refractivity contribution in [2.75, 3.05) is 0 Å². The van der Waals surface area contributed by atoms with E-state index in [1.165, 1.54) is 16.7 Å². The van der Waals surface area contributed by atoms with Crippen molar-refractivity contribution in [2.24, 2.45) is 10.7 Å². The maximum Gasteiger partial charge on any atom is 0.154 e. The maximum absolute atomic E-state index is 9.17. The second-order valence-corrected chi connectivity index (χ2v) is 10.5. The van der Waals surface area contributed by atoms with E-state index in [-0.39, 0.29) is 5.84 Å². The van der Waals surface area contributed by atoms with Crippen LogP contribution in [0.5, 0.6) is 0 Å². The Morgan fingerprint density at radius 2 is 1.05 bits per heavy atom. The monoisotopic (exact) mass is 539 g/mol. The predicted octanol–water partition coefficient (Wildman–Crippen LogP) is 8.45. The van der Waals surface area contributed by atoms with Gasteiger partial charge in [-0.2, -0.15) is 0 Å². The Morgan fingerprint density at radius 3 is 1.69 bits per heavy atom. The highest BCUT2D eigenvalue weighted by molar-refractivity contribution is 6.13. The van der Waals surface area contributed by atoms with Gasteiger partial charge in [0.25, 0.3) is 0 Å². The first-order valence-electron chi connectivity index (χ1n) is 14.1. The van der Waals surface area contributed by atoms with Crippen molar-refractivity contribution in [3.8, 4) is 22.3 Å². The maximum atomic E-state index is 9.17. The Balaban J connectivity index is 1.36. The van der Waals surface area contributed by atoms with Crippen molar-refractivity contribution in [2.45, 2.75) is 5.41 Å². The molecule has 3 nitrogen and oxygen atoms in total. The highest BCUT2D eigenvalue weighted by Crippen LogP contribution is 2.56. The first kappa shape index (κ1) is 25.4. The molecule has 0 saturated carbocycles. The summed E-state index contributed by atoms with van der Waals surface area (Å²) in [6.07, 6.45) is 0. The van der Waals surface area contributed by atoms with Gasteiger partial charge < -0.3 is 5.73 Å². The van der Waals surface area contributed by atoms with Crippen LogP contribution in [0.25, 0.3) is 22.3 Å². The summed E-state index contributed by atoms with van der Waals surface area (Å²) in [7, 11) is 0. The number of fused-ring (bicyclic) bond motifs is 3. The SMILES string of the molecule is N=C(N=C(N)c1ccc(-c2ccccc2)cc1)c1cccc2c1-c1ccccc1C2(c1ccccc1)c1ccccc1. The van der Waals surface area contributed by atoms with Crippen LogP contribution in [0.3, 0.4) is 0 Å². The zero-order valence-corrected chi connectivity index (χ0v) is 23.0. The summed E-state index contributed by atoms with van der Waals surface area (Å²) in [5.74, 6) is 0.462. The molecule has 200 valence electrons. The van der Waals surface area contributed by atoms with Crippen molar-refractivity contribution in [1.82, 2.24) is 0 Å². The Labute approximate surface area is 246 Å². The molecule has 3 N–H and O–H groups in total. The van der Waals surface area contributed by atoms with Crippen LogP contribution in [0.4, 0.5) is 0 Å². The van der Waals surface area contributed by atoms with Crippen LogP contribution in [-0.4, -0.2) is 11.7 Å². The molecule has 0 radical (unpaired) electrons. The van der Waals surface area contributed by atoms with Crippen LogP contribution in [0.1, 0.15) is 33.4 Å². The number of hydrogen-bond acceptors (Lipinski definition) is 1. The van der Waals surface area contributed by atoms with E-state index >= 15 is 0 Å². The summed E-state index contributed by atoms with van der Waals surface area (Å²) in [5.41, 5.74) is 16.6. The summed E-state index contributed by atoms with van der Waals surface area (Å²) in [4.78, 5) is 4.64. The van der Waals surface area contributed by atoms with Gasteiger partial charge in [0.05, 0.1) is 5.41 Å². The molecule has 0 bridgehead atoms. The first-order valence-corrected chi connectivity index (χ1v) is 14.1. The predicted molar refractivity (Wildman–Crippen MR) is 173 cm³/mol. The van der Waals surface area contributed by atoms with Gasteiger partial charge in [0.2, 0.25) is 0 Å². The molecule has 42 heavy (non-hydrogen) atoms. The molecule has 1 aliphatic carbocycles. The number of amidine groups is 2. The van der Waals surface area contributed by atoms with Gasteiger partial charge in [0, 0.05) is 11.1 Å². The van der Waals surface area contributed by atoms with Crippen molar-refractivity contribution in [1.29, 1.82) is 5.41 Å². The topological polar surface area (TPSA) is 62.2 Å². The molecular weight excluding hydrogens is 510 g/mol. The first-order chi connectivity index (χ1) is 20.7. The van der Waals surface area contributed by atoms with Gasteiger partial charge in [-0.1, -0.05) is 158 Å². The lowest BCUT2D eigenvalue weighted by atomic mass is 9.67. The molecule has 0 aliphatic heterocycles. The molecule has 0 saturated heterocycles. The molecule has 7 rings (SSSR count). The fraction of sp³-hybridized carbons (Fsp3) is 0.0256. The van der Waals surface area contributed by atoms with E-state index < -0.39 is 5.41 Å². The fourth-order valence-corrected chi connectivity index (χ4v) is 6.40. The average molecular weight is 540 g/mol. The number of hydrogen-bond donors (Lipinski definition) is 2. The van der Waals surface area contributed by atoms with Gasteiger partial charge in [0.1, 0.15) is 5.84 Å². The standard InChI is InChI=1S/C39H29N3/c40-37(29-25-23-28(24-26-29)27-13-4-1-5-14-27)42-38(41)33-20-12-22-35-36(33)32-19-10-11-21-34(32)39(35,30-15-6-2-7-16-30)31-17-8-3-9-18-31/h1-26H,(H3,40,41,42). The number of nitrogens with zero attached hydrogens (tertiary/aromatic N) is 1. The summed E-state index contributed by atoms with van der Waals surface area (Å²) in [5, 5.41) is 9.17. The average Bonchev–Trinajstić information content (AvgIpc) is 3.37. The van der Waals surface area contributed by atoms with E-state index in [0.717, 1.165) is 38.9 Å². The minimum absolute atomic E-state index is 0.142. The minimum Gasteiger partial charge on any atom is -0.383 e. The Morgan fingerprint density at radius 1 is 0.524 bits per heavy atom. The van der Waals surface area contributed by atoms with Gasteiger partial charge in [-0.25, -0.2) is 4.99 Å². The lowest BCUT2D eigenvalue weighted by Crippen LogP contribution is -2.28. The molecule has 6 aromatic carbocycles. The van der Waals surface area contributed by atoms with Crippen molar-refractivity contribution in [3.05, 3.63) is 191 Å². The fourth-order valence-electron chi connectivity index (χ4n) is 6.40. The van der Waals surface area contributed by atoms with Gasteiger partial charge in [-0.05, 0) is 44.5 Å². The second-order valence-electron chi connectivity index (χ2n) is 10.5. The van der Waals surface area contributed by atoms with Crippen LogP contribution in [0, 0.1) is 5.41 Å². The van der Waals surface area contributed by atoms with Gasteiger partial charge in [-0.15, -0.1) is 0 Å². The summed E-state index contributed by atoms with van der Waals surface area (Å²) in [6, 6.07) is 54.3. The third kappa shape index (κ3) is 4.06. The highest BCUT2D eigenvalue weighted by Gasteiger charge is 2.46. The number of aliphatic imine (C=N–C) groups is 1. The van der Waals surface area contributed by atoms with E-state index in [1.807, 2.05) is 54.6 Å². The van der Waals surface area contributed by atoms with Crippen molar-refractivity contribution < 1.29 is 0 Å². The molecule has 0 atom stereocenters. The molecule has 0 spiro atoms. The summed E-state index contributed by atoms with van der Waals surface area (Å²) >= 11 is 0. The number of benzene rings is 6. The lowest BCUT2D eigenvalue weighted by molar-refractivity contribution is 0.768. The van der Waals surface area contributed by atoms with Gasteiger partial charge >= 0.3 is 0 Å². The molecular formula is C39H29N3. The lowest BCUT2D eigenvalue weighted by Gasteiger charge is -2.33. The number of rotatable bonds is 5. The molecule has 0 unspecified atom stereocenters. The third-order valence-corrected chi connectivity index (χ3v) is 8.26.